The van der Waals surface area contributed by atoms with E-state index in [1.165, 1.54) is 11.3 Å². The molecule has 2 aromatic rings. The summed E-state index contributed by atoms with van der Waals surface area (Å²) in [7, 11) is 0. The number of carboxylic acids is 1. The average molecular weight is 316 g/mol. The van der Waals surface area contributed by atoms with Crippen molar-refractivity contribution < 1.29 is 14.7 Å². The average Bonchev–Trinajstić information content (AvgIpc) is 3.14. The molecule has 1 N–H and O–H groups in total. The van der Waals surface area contributed by atoms with Gasteiger partial charge in [-0.3, -0.25) is 9.59 Å². The van der Waals surface area contributed by atoms with E-state index in [0.717, 1.165) is 5.56 Å². The first-order chi connectivity index (χ1) is 10.6. The maximum absolute atomic E-state index is 12.6. The molecule has 22 heavy (non-hydrogen) atoms. The second-order valence-corrected chi connectivity index (χ2v) is 6.29. The van der Waals surface area contributed by atoms with Crippen molar-refractivity contribution in [1.82, 2.24) is 9.88 Å². The molecule has 1 aromatic heterocycles. The third-order valence-electron chi connectivity index (χ3n) is 4.09. The monoisotopic (exact) mass is 316 g/mol. The van der Waals surface area contributed by atoms with E-state index < -0.39 is 11.9 Å². The Kier molecular flexibility index (Phi) is 3.94. The first-order valence-electron chi connectivity index (χ1n) is 7.05. The first-order valence-corrected chi connectivity index (χ1v) is 7.93. The number of hydrogen-bond donors (Lipinski definition) is 1. The van der Waals surface area contributed by atoms with Crippen LogP contribution < -0.4 is 0 Å². The number of benzene rings is 1. The molecule has 1 fully saturated rings. The van der Waals surface area contributed by atoms with Gasteiger partial charge in [-0.15, -0.1) is 11.3 Å². The molecule has 1 aromatic carbocycles. The molecule has 1 amide bonds. The molecule has 0 radical (unpaired) electrons. The summed E-state index contributed by atoms with van der Waals surface area (Å²) in [6.07, 6.45) is 0. The van der Waals surface area contributed by atoms with Crippen molar-refractivity contribution >= 4 is 23.2 Å². The minimum absolute atomic E-state index is 0.121. The van der Waals surface area contributed by atoms with Gasteiger partial charge in [0.15, 0.2) is 0 Å². The van der Waals surface area contributed by atoms with Crippen LogP contribution in [-0.2, 0) is 4.79 Å². The van der Waals surface area contributed by atoms with Gasteiger partial charge in [0.2, 0.25) is 0 Å². The van der Waals surface area contributed by atoms with Crippen LogP contribution in [-0.4, -0.2) is 40.0 Å². The van der Waals surface area contributed by atoms with E-state index in [0.29, 0.717) is 17.1 Å². The number of carboxylic acid groups (broad SMARTS) is 1. The third-order valence-corrected chi connectivity index (χ3v) is 5.01. The minimum atomic E-state index is -0.856. The number of aryl methyl sites for hydroxylation is 1. The summed E-state index contributed by atoms with van der Waals surface area (Å²) in [5, 5.41) is 9.48. The highest BCUT2D eigenvalue weighted by Crippen LogP contribution is 2.34. The highest BCUT2D eigenvalue weighted by Gasteiger charge is 2.41. The predicted molar refractivity (Wildman–Crippen MR) is 83.1 cm³/mol. The maximum atomic E-state index is 12.6. The molecule has 0 saturated carbocycles. The first kappa shape index (κ1) is 14.7. The lowest BCUT2D eigenvalue weighted by Gasteiger charge is -2.16. The number of carbonyl (C=O) groups excluding carboxylic acids is 1. The van der Waals surface area contributed by atoms with Gasteiger partial charge in [-0.2, -0.15) is 0 Å². The Hall–Kier alpha value is -2.21. The van der Waals surface area contributed by atoms with Crippen molar-refractivity contribution in [2.24, 2.45) is 5.92 Å². The maximum Gasteiger partial charge on any atom is 0.308 e. The number of thiazole rings is 1. The number of aliphatic carboxylic acids is 1. The number of carbonyl (C=O) groups is 2. The minimum Gasteiger partial charge on any atom is -0.481 e. The topological polar surface area (TPSA) is 70.5 Å². The zero-order valence-corrected chi connectivity index (χ0v) is 12.9. The zero-order valence-electron chi connectivity index (χ0n) is 12.1. The van der Waals surface area contributed by atoms with Gasteiger partial charge in [-0.05, 0) is 12.5 Å². The molecule has 0 spiro atoms. The number of rotatable bonds is 3. The lowest BCUT2D eigenvalue weighted by molar-refractivity contribution is -0.141. The quantitative estimate of drug-likeness (QED) is 0.944. The Morgan fingerprint density at radius 1 is 1.27 bits per heavy atom. The van der Waals surface area contributed by atoms with Crippen LogP contribution in [0.4, 0.5) is 0 Å². The van der Waals surface area contributed by atoms with Crippen LogP contribution in [0.25, 0.3) is 0 Å². The summed E-state index contributed by atoms with van der Waals surface area (Å²) in [4.78, 5) is 30.5. The fraction of sp³-hybridized carbons (Fsp3) is 0.312. The number of likely N-dealkylation sites (tertiary alicyclic amines) is 1. The van der Waals surface area contributed by atoms with Crippen LogP contribution in [0.1, 0.15) is 26.8 Å². The van der Waals surface area contributed by atoms with E-state index in [2.05, 4.69) is 4.98 Å². The second kappa shape index (κ2) is 5.88. The molecule has 114 valence electrons. The van der Waals surface area contributed by atoms with Crippen molar-refractivity contribution in [3.63, 3.8) is 0 Å². The van der Waals surface area contributed by atoms with E-state index in [4.69, 9.17) is 0 Å². The number of hydrogen-bond acceptors (Lipinski definition) is 4. The molecule has 0 unspecified atom stereocenters. The van der Waals surface area contributed by atoms with E-state index in [-0.39, 0.29) is 18.4 Å². The predicted octanol–water partition coefficient (Wildman–Crippen LogP) is 2.39. The van der Waals surface area contributed by atoms with Gasteiger partial charge >= 0.3 is 5.97 Å². The molecular weight excluding hydrogens is 300 g/mol. The molecule has 6 heteroatoms. The molecule has 2 atom stereocenters. The fourth-order valence-corrected chi connectivity index (χ4v) is 3.68. The van der Waals surface area contributed by atoms with Gasteiger partial charge in [0, 0.05) is 19.0 Å². The van der Waals surface area contributed by atoms with Crippen LogP contribution in [0.15, 0.2) is 35.8 Å². The van der Waals surface area contributed by atoms with Crippen LogP contribution in [0.2, 0.25) is 0 Å². The zero-order chi connectivity index (χ0) is 15.7. The summed E-state index contributed by atoms with van der Waals surface area (Å²) < 4.78 is 0. The molecule has 1 aliphatic rings. The smallest absolute Gasteiger partial charge is 0.308 e. The molecule has 0 bridgehead atoms. The molecule has 1 saturated heterocycles. The molecule has 3 rings (SSSR count). The largest absolute Gasteiger partial charge is 0.481 e. The van der Waals surface area contributed by atoms with Crippen molar-refractivity contribution in [2.75, 3.05) is 13.1 Å². The van der Waals surface area contributed by atoms with Gasteiger partial charge in [0.25, 0.3) is 5.91 Å². The number of nitrogens with zero attached hydrogens (tertiary/aromatic N) is 2. The van der Waals surface area contributed by atoms with Gasteiger partial charge in [0.1, 0.15) is 4.88 Å². The molecule has 1 aliphatic heterocycles. The highest BCUT2D eigenvalue weighted by atomic mass is 32.1. The third kappa shape index (κ3) is 2.62. The summed E-state index contributed by atoms with van der Waals surface area (Å²) in [5.74, 6) is -1.72. The molecule has 5 nitrogen and oxygen atoms in total. The summed E-state index contributed by atoms with van der Waals surface area (Å²) >= 11 is 1.30. The second-order valence-electron chi connectivity index (χ2n) is 5.44. The summed E-state index contributed by atoms with van der Waals surface area (Å²) in [6, 6.07) is 9.54. The number of aromatic nitrogens is 1. The Morgan fingerprint density at radius 2 is 2.00 bits per heavy atom. The lowest BCUT2D eigenvalue weighted by atomic mass is 9.89. The van der Waals surface area contributed by atoms with E-state index in [9.17, 15) is 14.7 Å². The SMILES string of the molecule is Cc1ncsc1C(=O)N1C[C@H](C(=O)O)[C@@H](c2ccccc2)C1. The van der Waals surface area contributed by atoms with Crippen LogP contribution in [0.5, 0.6) is 0 Å². The lowest BCUT2D eigenvalue weighted by Crippen LogP contribution is -2.29. The molecular formula is C16H16N2O3S. The Balaban J connectivity index is 1.86. The van der Waals surface area contributed by atoms with Crippen molar-refractivity contribution in [2.45, 2.75) is 12.8 Å². The number of amides is 1. The molecule has 2 heterocycles. The van der Waals surface area contributed by atoms with Gasteiger partial charge in [0.05, 0.1) is 17.1 Å². The normalized spacial score (nSPS) is 21.0. The van der Waals surface area contributed by atoms with Crippen LogP contribution >= 0.6 is 11.3 Å². The van der Waals surface area contributed by atoms with Crippen molar-refractivity contribution in [3.05, 3.63) is 52.0 Å². The van der Waals surface area contributed by atoms with Crippen molar-refractivity contribution in [1.29, 1.82) is 0 Å². The van der Waals surface area contributed by atoms with Gasteiger partial charge in [-0.25, -0.2) is 4.98 Å². The Morgan fingerprint density at radius 3 is 2.59 bits per heavy atom. The van der Waals surface area contributed by atoms with Gasteiger partial charge in [-0.1, -0.05) is 30.3 Å². The Bertz CT molecular complexity index is 698. The summed E-state index contributed by atoms with van der Waals surface area (Å²) in [5.41, 5.74) is 3.30. The van der Waals surface area contributed by atoms with E-state index in [1.54, 1.807) is 17.3 Å². The summed E-state index contributed by atoms with van der Waals surface area (Å²) in [6.45, 7) is 2.46. The van der Waals surface area contributed by atoms with Crippen molar-refractivity contribution in [3.8, 4) is 0 Å². The van der Waals surface area contributed by atoms with E-state index in [1.807, 2.05) is 30.3 Å². The van der Waals surface area contributed by atoms with Crippen LogP contribution in [0.3, 0.4) is 0 Å². The Labute approximate surface area is 132 Å². The standard InChI is InChI=1S/C16H16N2O3S/c1-10-14(22-9-17-10)15(19)18-7-12(13(8-18)16(20)21)11-5-3-2-4-6-11/h2-6,9,12-13H,7-8H2,1H3,(H,20,21)/t12-,13+/m1/s1. The van der Waals surface area contributed by atoms with Crippen LogP contribution in [0, 0.1) is 12.8 Å². The van der Waals surface area contributed by atoms with Gasteiger partial charge < -0.3 is 10.0 Å². The molecule has 0 aliphatic carbocycles. The highest BCUT2D eigenvalue weighted by molar-refractivity contribution is 7.11. The fourth-order valence-electron chi connectivity index (χ4n) is 2.91. The van der Waals surface area contributed by atoms with E-state index >= 15 is 0 Å².